The number of rotatable bonds is 8. The number of nitrogens with one attached hydrogen (secondary N) is 1. The maximum atomic E-state index is 12.3. The first-order valence-corrected chi connectivity index (χ1v) is 11.8. The van der Waals surface area contributed by atoms with Gasteiger partial charge in [0.1, 0.15) is 0 Å². The monoisotopic (exact) mass is 422 g/mol. The molecule has 0 fully saturated rings. The predicted octanol–water partition coefficient (Wildman–Crippen LogP) is 0.0199. The number of phenols is 1. The van der Waals surface area contributed by atoms with Gasteiger partial charge >= 0.3 is 141 Å². The van der Waals surface area contributed by atoms with E-state index in [0.29, 0.717) is 0 Å². The Morgan fingerprint density at radius 2 is 2.04 bits per heavy atom. The number of hydrogen-bond acceptors (Lipinski definition) is 7. The Morgan fingerprint density at radius 1 is 1.38 bits per heavy atom. The van der Waals surface area contributed by atoms with Crippen LogP contribution in [0, 0.1) is 0 Å². The molecule has 2 atom stereocenters. The van der Waals surface area contributed by atoms with Gasteiger partial charge in [0.15, 0.2) is 0 Å². The van der Waals surface area contributed by atoms with E-state index in [4.69, 9.17) is 5.11 Å². The number of aliphatic hydroxyl groups excluding tert-OH is 1. The molecule has 0 spiro atoms. The molecule has 0 heterocycles. The first-order chi connectivity index (χ1) is 11.2. The predicted molar refractivity (Wildman–Crippen MR) is 85.6 cm³/mol. The summed E-state index contributed by atoms with van der Waals surface area (Å²) in [7, 11) is -1.81. The average molecular weight is 422 g/mol. The fourth-order valence-electron chi connectivity index (χ4n) is 1.76. The molecule has 0 saturated heterocycles. The summed E-state index contributed by atoms with van der Waals surface area (Å²) >= 11 is -5.30. The minimum atomic E-state index is -5.30. The molecule has 1 amide bonds. The number of aliphatic hydroxyl groups is 1. The average Bonchev–Trinajstić information content (AvgIpc) is 2.45. The fraction of sp³-hybridized carbons (Fsp3) is 0.385. The number of carbonyl (C=O) groups excluding carboxylic acids is 2. The van der Waals surface area contributed by atoms with E-state index < -0.39 is 40.2 Å². The molecule has 0 saturated carbocycles. The van der Waals surface area contributed by atoms with Crippen molar-refractivity contribution in [2.75, 3.05) is 17.8 Å². The van der Waals surface area contributed by atoms with Gasteiger partial charge in [-0.25, -0.2) is 0 Å². The second kappa shape index (κ2) is 8.99. The molecule has 0 aromatic heterocycles. The summed E-state index contributed by atoms with van der Waals surface area (Å²) < 4.78 is 37.8. The van der Waals surface area contributed by atoms with E-state index in [9.17, 15) is 27.1 Å². The summed E-state index contributed by atoms with van der Waals surface area (Å²) in [4.78, 5) is 22.8. The number of hydrogen-bond donors (Lipinski definition) is 4. The topological polar surface area (TPSA) is 150 Å². The molecule has 132 valence electrons. The number of aromatic hydroxyl groups is 1. The first kappa shape index (κ1) is 20.4. The van der Waals surface area contributed by atoms with Crippen molar-refractivity contribution in [1.29, 1.82) is 0 Å². The van der Waals surface area contributed by atoms with Crippen LogP contribution in [0.3, 0.4) is 0 Å². The Balaban J connectivity index is 2.84. The summed E-state index contributed by atoms with van der Waals surface area (Å²) in [5.41, 5.74) is -0.122. The zero-order valence-corrected chi connectivity index (χ0v) is 15.6. The van der Waals surface area contributed by atoms with E-state index in [1.807, 2.05) is 0 Å². The molecule has 24 heavy (non-hydrogen) atoms. The Hall–Kier alpha value is -1.66. The molecule has 11 heteroatoms. The Labute approximate surface area is 141 Å². The van der Waals surface area contributed by atoms with Gasteiger partial charge in [-0.15, -0.1) is 0 Å². The van der Waals surface area contributed by atoms with Gasteiger partial charge in [-0.05, 0) is 0 Å². The van der Waals surface area contributed by atoms with Crippen LogP contribution in [0.25, 0.3) is 0 Å². The van der Waals surface area contributed by atoms with Crippen molar-refractivity contribution in [3.05, 3.63) is 18.2 Å². The van der Waals surface area contributed by atoms with Crippen molar-refractivity contribution in [3.8, 4) is 5.75 Å². The van der Waals surface area contributed by atoms with Gasteiger partial charge in [0.05, 0.1) is 0 Å². The third kappa shape index (κ3) is 6.45. The molecule has 1 rings (SSSR count). The summed E-state index contributed by atoms with van der Waals surface area (Å²) in [6.45, 7) is 1.18. The SMILES string of the molecule is CC(=O)Nc1cc(O)ccc1[As](=O)(O)OC(=O)CCC[P+](=O)CO. The molecular formula is C13H18AsNO8P+. The van der Waals surface area contributed by atoms with E-state index in [0.717, 1.165) is 18.2 Å². The third-order valence-electron chi connectivity index (χ3n) is 2.77. The van der Waals surface area contributed by atoms with E-state index in [1.54, 1.807) is 0 Å². The zero-order valence-electron chi connectivity index (χ0n) is 12.8. The van der Waals surface area contributed by atoms with Crippen molar-refractivity contribution in [2.24, 2.45) is 0 Å². The van der Waals surface area contributed by atoms with Crippen LogP contribution in [-0.2, 0) is 21.6 Å². The third-order valence-corrected chi connectivity index (χ3v) is 6.94. The summed E-state index contributed by atoms with van der Waals surface area (Å²) in [6.07, 6.45) is -0.487. The van der Waals surface area contributed by atoms with E-state index >= 15 is 0 Å². The van der Waals surface area contributed by atoms with Crippen LogP contribution in [0.5, 0.6) is 5.75 Å². The van der Waals surface area contributed by atoms with Crippen molar-refractivity contribution >= 4 is 43.9 Å². The van der Waals surface area contributed by atoms with Gasteiger partial charge in [-0.1, -0.05) is 0 Å². The molecule has 0 radical (unpaired) electrons. The van der Waals surface area contributed by atoms with Crippen LogP contribution in [0.2, 0.25) is 0 Å². The standard InChI is InChI=1S/C13H17AsNO8P/c1-9(17)15-12-7-10(18)4-5-11(12)14(20,21)23-13(19)3-2-6-24(22)8-16/h4-5,7,16H,2-3,6,8H2,1H3,(H2-,15,17,18,20,21)/p+1. The Morgan fingerprint density at radius 3 is 2.62 bits per heavy atom. The summed E-state index contributed by atoms with van der Waals surface area (Å²) in [6, 6.07) is 3.29. The molecular weight excluding hydrogens is 404 g/mol. The quantitative estimate of drug-likeness (QED) is 0.338. The van der Waals surface area contributed by atoms with Gasteiger partial charge in [0, 0.05) is 0 Å². The van der Waals surface area contributed by atoms with Crippen molar-refractivity contribution in [3.63, 3.8) is 0 Å². The number of phenolic OH excluding ortho intramolecular Hbond substituents is 1. The second-order valence-electron chi connectivity index (χ2n) is 4.82. The molecule has 0 aliphatic carbocycles. The molecule has 2 unspecified atom stereocenters. The fourth-order valence-corrected chi connectivity index (χ4v) is 4.84. The molecule has 0 aliphatic heterocycles. The normalized spacial score (nSPS) is 13.7. The van der Waals surface area contributed by atoms with Crippen LogP contribution in [0.15, 0.2) is 18.2 Å². The molecule has 0 aliphatic rings. The van der Waals surface area contributed by atoms with E-state index in [1.165, 1.54) is 6.92 Å². The van der Waals surface area contributed by atoms with Gasteiger partial charge in [-0.2, -0.15) is 0 Å². The molecule has 9 nitrogen and oxygen atoms in total. The Bertz CT molecular complexity index is 693. The van der Waals surface area contributed by atoms with Crippen LogP contribution in [0.4, 0.5) is 5.69 Å². The van der Waals surface area contributed by atoms with Crippen molar-refractivity contribution < 1.29 is 35.9 Å². The van der Waals surface area contributed by atoms with Gasteiger partial charge in [0.2, 0.25) is 0 Å². The molecule has 0 bridgehead atoms. The summed E-state index contributed by atoms with van der Waals surface area (Å²) in [5, 5.41) is 20.3. The van der Waals surface area contributed by atoms with Crippen LogP contribution < -0.4 is 9.67 Å². The number of benzene rings is 1. The van der Waals surface area contributed by atoms with E-state index in [-0.39, 0.29) is 34.8 Å². The molecule has 4 N–H and O–H groups in total. The maximum absolute atomic E-state index is 12.3. The van der Waals surface area contributed by atoms with Gasteiger partial charge in [-0.3, -0.25) is 0 Å². The number of anilines is 1. The van der Waals surface area contributed by atoms with Gasteiger partial charge in [0.25, 0.3) is 0 Å². The van der Waals surface area contributed by atoms with Crippen molar-refractivity contribution in [1.82, 2.24) is 0 Å². The number of amides is 1. The molecule has 1 aromatic rings. The second-order valence-corrected chi connectivity index (χ2v) is 10.1. The van der Waals surface area contributed by atoms with Crippen LogP contribution >= 0.6 is 7.80 Å². The Kier molecular flexibility index (Phi) is 7.63. The van der Waals surface area contributed by atoms with Crippen LogP contribution in [-0.4, -0.2) is 52.9 Å². The van der Waals surface area contributed by atoms with Gasteiger partial charge < -0.3 is 0 Å². The molecule has 1 aromatic carbocycles. The summed E-state index contributed by atoms with van der Waals surface area (Å²) in [5.74, 6) is -1.73. The zero-order chi connectivity index (χ0) is 18.3. The van der Waals surface area contributed by atoms with E-state index in [2.05, 4.69) is 9.04 Å². The van der Waals surface area contributed by atoms with Crippen molar-refractivity contribution in [2.45, 2.75) is 19.8 Å². The minimum absolute atomic E-state index is 0.0970. The van der Waals surface area contributed by atoms with Crippen LogP contribution in [0.1, 0.15) is 19.8 Å². The number of carbonyl (C=O) groups is 2. The first-order valence-electron chi connectivity index (χ1n) is 6.85.